The van der Waals surface area contributed by atoms with Gasteiger partial charge >= 0.3 is 0 Å². The average molecular weight is 414 g/mol. The van der Waals surface area contributed by atoms with Gasteiger partial charge < -0.3 is 5.32 Å². The Morgan fingerprint density at radius 3 is 2.54 bits per heavy atom. The average Bonchev–Trinajstić information content (AvgIpc) is 2.61. The molecular weight excluding hydrogens is 394 g/mol. The van der Waals surface area contributed by atoms with Crippen molar-refractivity contribution in [3.63, 3.8) is 0 Å². The predicted molar refractivity (Wildman–Crippen MR) is 104 cm³/mol. The van der Waals surface area contributed by atoms with Gasteiger partial charge in [0.1, 0.15) is 4.90 Å². The van der Waals surface area contributed by atoms with Crippen LogP contribution in [0.4, 0.5) is 0 Å². The second kappa shape index (κ2) is 8.85. The Labute approximate surface area is 163 Å². The molecule has 0 radical (unpaired) electrons. The molecule has 0 aliphatic carbocycles. The first kappa shape index (κ1) is 20.7. The van der Waals surface area contributed by atoms with E-state index in [1.165, 1.54) is 38.1 Å². The Hall–Kier alpha value is -1.61. The first-order chi connectivity index (χ1) is 12.2. The molecule has 2 rings (SSSR count). The van der Waals surface area contributed by atoms with Gasteiger partial charge in [-0.2, -0.15) is 0 Å². The van der Waals surface area contributed by atoms with Crippen LogP contribution in [0.5, 0.6) is 0 Å². The van der Waals surface area contributed by atoms with Crippen LogP contribution in [0.1, 0.15) is 12.5 Å². The highest BCUT2D eigenvalue weighted by Gasteiger charge is 2.19. The van der Waals surface area contributed by atoms with Crippen molar-refractivity contribution in [2.75, 3.05) is 14.1 Å². The van der Waals surface area contributed by atoms with Crippen molar-refractivity contribution >= 4 is 39.3 Å². The molecule has 6 nitrogen and oxygen atoms in total. The van der Waals surface area contributed by atoms with E-state index in [1.807, 2.05) is 18.2 Å². The molecule has 1 aromatic carbocycles. The molecule has 1 N–H and O–H groups in total. The molecule has 1 aromatic heterocycles. The number of benzene rings is 1. The third-order valence-corrected chi connectivity index (χ3v) is 6.78. The van der Waals surface area contributed by atoms with Crippen LogP contribution in [0.2, 0.25) is 5.02 Å². The molecule has 1 heterocycles. The van der Waals surface area contributed by atoms with Crippen LogP contribution in [-0.4, -0.2) is 43.0 Å². The quantitative estimate of drug-likeness (QED) is 0.706. The van der Waals surface area contributed by atoms with E-state index < -0.39 is 10.0 Å². The lowest BCUT2D eigenvalue weighted by atomic mass is 10.2. The number of amides is 1. The zero-order valence-electron chi connectivity index (χ0n) is 14.6. The van der Waals surface area contributed by atoms with Gasteiger partial charge in [-0.15, -0.1) is 0 Å². The topological polar surface area (TPSA) is 79.4 Å². The molecule has 0 saturated carbocycles. The SMILES string of the molecule is C[C@H](Sc1ccc(S(=O)(=O)N(C)C)cn1)C(=O)NCc1ccccc1Cl. The number of hydrogen-bond donors (Lipinski definition) is 1. The number of pyridine rings is 1. The summed E-state index contributed by atoms with van der Waals surface area (Å²) in [7, 11) is -0.589. The number of carbonyl (C=O) groups excluding carboxylic acids is 1. The lowest BCUT2D eigenvalue weighted by Crippen LogP contribution is -2.30. The van der Waals surface area contributed by atoms with E-state index in [2.05, 4.69) is 10.3 Å². The summed E-state index contributed by atoms with van der Waals surface area (Å²) in [4.78, 5) is 16.5. The smallest absolute Gasteiger partial charge is 0.244 e. The zero-order chi connectivity index (χ0) is 19.3. The van der Waals surface area contributed by atoms with Crippen LogP contribution in [-0.2, 0) is 21.4 Å². The van der Waals surface area contributed by atoms with E-state index in [0.717, 1.165) is 9.87 Å². The van der Waals surface area contributed by atoms with E-state index in [0.29, 0.717) is 16.6 Å². The van der Waals surface area contributed by atoms with Crippen molar-refractivity contribution in [2.24, 2.45) is 0 Å². The molecule has 0 bridgehead atoms. The summed E-state index contributed by atoms with van der Waals surface area (Å²) < 4.78 is 25.2. The summed E-state index contributed by atoms with van der Waals surface area (Å²) in [6.07, 6.45) is 1.30. The molecule has 0 unspecified atom stereocenters. The van der Waals surface area contributed by atoms with Crippen LogP contribution in [0.15, 0.2) is 52.5 Å². The lowest BCUT2D eigenvalue weighted by molar-refractivity contribution is -0.120. The molecule has 2 aromatic rings. The van der Waals surface area contributed by atoms with Crippen molar-refractivity contribution < 1.29 is 13.2 Å². The minimum atomic E-state index is -3.51. The molecule has 0 spiro atoms. The third-order valence-electron chi connectivity index (χ3n) is 3.57. The van der Waals surface area contributed by atoms with E-state index in [1.54, 1.807) is 19.1 Å². The van der Waals surface area contributed by atoms with Gasteiger partial charge in [0.2, 0.25) is 15.9 Å². The number of rotatable bonds is 7. The minimum absolute atomic E-state index is 0.114. The van der Waals surface area contributed by atoms with Gasteiger partial charge in [-0.3, -0.25) is 4.79 Å². The number of sulfonamides is 1. The minimum Gasteiger partial charge on any atom is -0.351 e. The summed E-state index contributed by atoms with van der Waals surface area (Å²) >= 11 is 7.33. The normalized spacial score (nSPS) is 12.8. The van der Waals surface area contributed by atoms with Crippen molar-refractivity contribution in [1.29, 1.82) is 0 Å². The standard InChI is InChI=1S/C17H20ClN3O3S2/c1-12(17(22)20-10-13-6-4-5-7-15(13)18)25-16-9-8-14(11-19-16)26(23,24)21(2)3/h4-9,11-12H,10H2,1-3H3,(H,20,22)/t12-/m0/s1. The molecule has 26 heavy (non-hydrogen) atoms. The fraction of sp³-hybridized carbons (Fsp3) is 0.294. The second-order valence-electron chi connectivity index (χ2n) is 5.69. The zero-order valence-corrected chi connectivity index (χ0v) is 17.0. The maximum Gasteiger partial charge on any atom is 0.244 e. The van der Waals surface area contributed by atoms with Crippen LogP contribution < -0.4 is 5.32 Å². The van der Waals surface area contributed by atoms with Gasteiger partial charge in [-0.05, 0) is 30.7 Å². The van der Waals surface area contributed by atoms with Crippen molar-refractivity contribution in [1.82, 2.24) is 14.6 Å². The molecule has 0 aliphatic heterocycles. The molecular formula is C17H20ClN3O3S2. The molecule has 1 atom stereocenters. The number of thioether (sulfide) groups is 1. The Balaban J connectivity index is 1.95. The Morgan fingerprint density at radius 2 is 1.96 bits per heavy atom. The van der Waals surface area contributed by atoms with Gasteiger partial charge in [0, 0.05) is 31.9 Å². The number of carbonyl (C=O) groups is 1. The third kappa shape index (κ3) is 5.20. The maximum absolute atomic E-state index is 12.2. The number of hydrogen-bond acceptors (Lipinski definition) is 5. The van der Waals surface area contributed by atoms with Crippen molar-refractivity contribution in [3.05, 3.63) is 53.2 Å². The number of nitrogens with zero attached hydrogens (tertiary/aromatic N) is 2. The van der Waals surface area contributed by atoms with E-state index in [9.17, 15) is 13.2 Å². The van der Waals surface area contributed by atoms with Crippen LogP contribution in [0.3, 0.4) is 0 Å². The molecule has 0 saturated heterocycles. The van der Waals surface area contributed by atoms with Crippen LogP contribution in [0, 0.1) is 0 Å². The Morgan fingerprint density at radius 1 is 1.27 bits per heavy atom. The van der Waals surface area contributed by atoms with Crippen LogP contribution >= 0.6 is 23.4 Å². The number of nitrogens with one attached hydrogen (secondary N) is 1. The van der Waals surface area contributed by atoms with Crippen molar-refractivity contribution in [3.8, 4) is 0 Å². The van der Waals surface area contributed by atoms with Gasteiger partial charge in [0.25, 0.3) is 0 Å². The highest BCUT2D eigenvalue weighted by atomic mass is 35.5. The molecule has 9 heteroatoms. The second-order valence-corrected chi connectivity index (χ2v) is 9.61. The van der Waals surface area contributed by atoms with Crippen molar-refractivity contribution in [2.45, 2.75) is 28.6 Å². The molecule has 0 fully saturated rings. The van der Waals surface area contributed by atoms with Gasteiger partial charge in [-0.25, -0.2) is 17.7 Å². The van der Waals surface area contributed by atoms with E-state index >= 15 is 0 Å². The molecule has 140 valence electrons. The summed E-state index contributed by atoms with van der Waals surface area (Å²) in [5.74, 6) is -0.151. The number of aromatic nitrogens is 1. The van der Waals surface area contributed by atoms with Crippen LogP contribution in [0.25, 0.3) is 0 Å². The molecule has 1 amide bonds. The lowest BCUT2D eigenvalue weighted by Gasteiger charge is -2.13. The fourth-order valence-corrected chi connectivity index (χ4v) is 3.87. The number of halogens is 1. The largest absolute Gasteiger partial charge is 0.351 e. The Bertz CT molecular complexity index is 871. The van der Waals surface area contributed by atoms with Gasteiger partial charge in [-0.1, -0.05) is 41.6 Å². The summed E-state index contributed by atoms with van der Waals surface area (Å²) in [6, 6.07) is 10.4. The monoisotopic (exact) mass is 413 g/mol. The van der Waals surface area contributed by atoms with E-state index in [4.69, 9.17) is 11.6 Å². The highest BCUT2D eigenvalue weighted by molar-refractivity contribution is 8.00. The fourth-order valence-electron chi connectivity index (χ4n) is 2.00. The summed E-state index contributed by atoms with van der Waals surface area (Å²) in [5.41, 5.74) is 0.844. The Kier molecular flexibility index (Phi) is 7.05. The summed E-state index contributed by atoms with van der Waals surface area (Å²) in [5, 5.41) is 3.62. The first-order valence-corrected chi connectivity index (χ1v) is 10.5. The van der Waals surface area contributed by atoms with E-state index in [-0.39, 0.29) is 16.1 Å². The first-order valence-electron chi connectivity index (χ1n) is 7.78. The summed E-state index contributed by atoms with van der Waals surface area (Å²) in [6.45, 7) is 2.11. The van der Waals surface area contributed by atoms with Gasteiger partial charge in [0.15, 0.2) is 0 Å². The highest BCUT2D eigenvalue weighted by Crippen LogP contribution is 2.23. The molecule has 0 aliphatic rings. The predicted octanol–water partition coefficient (Wildman–Crippen LogP) is 2.78. The van der Waals surface area contributed by atoms with Gasteiger partial charge in [0.05, 0.1) is 10.3 Å². The maximum atomic E-state index is 12.2.